The van der Waals surface area contributed by atoms with E-state index < -0.39 is 61.9 Å². The fourth-order valence-corrected chi connectivity index (χ4v) is 3.50. The molecule has 2 fully saturated rings. The van der Waals surface area contributed by atoms with E-state index in [0.717, 1.165) is 19.3 Å². The molecule has 2 aliphatic heterocycles. The van der Waals surface area contributed by atoms with Gasteiger partial charge in [0, 0.05) is 6.61 Å². The van der Waals surface area contributed by atoms with Crippen LogP contribution in [0.3, 0.4) is 0 Å². The normalized spacial score (nSPS) is 40.9. The van der Waals surface area contributed by atoms with Crippen molar-refractivity contribution >= 4 is 0 Å². The maximum absolute atomic E-state index is 10.5. The summed E-state index contributed by atoms with van der Waals surface area (Å²) in [6.45, 7) is 1.78. The molecule has 0 aromatic heterocycles. The first-order valence-electron chi connectivity index (χ1n) is 10.5. The van der Waals surface area contributed by atoms with Crippen LogP contribution in [0.25, 0.3) is 0 Å². The zero-order chi connectivity index (χ0) is 21.4. The summed E-state index contributed by atoms with van der Waals surface area (Å²) in [6, 6.07) is 0. The van der Waals surface area contributed by atoms with Crippen molar-refractivity contribution in [2.75, 3.05) is 19.8 Å². The van der Waals surface area contributed by atoms with Crippen molar-refractivity contribution < 1.29 is 49.6 Å². The highest BCUT2D eigenvalue weighted by Crippen LogP contribution is 2.27. The average molecular weight is 424 g/mol. The fourth-order valence-electron chi connectivity index (χ4n) is 3.50. The third kappa shape index (κ3) is 6.79. The van der Waals surface area contributed by atoms with Crippen molar-refractivity contribution in [3.05, 3.63) is 0 Å². The first-order chi connectivity index (χ1) is 13.9. The van der Waals surface area contributed by atoms with E-state index in [1.54, 1.807) is 0 Å². The second-order valence-electron chi connectivity index (χ2n) is 7.70. The molecule has 0 aliphatic carbocycles. The summed E-state index contributed by atoms with van der Waals surface area (Å²) in [6.07, 6.45) is -5.65. The van der Waals surface area contributed by atoms with Crippen molar-refractivity contribution in [2.24, 2.45) is 0 Å². The second kappa shape index (κ2) is 12.5. The maximum atomic E-state index is 10.5. The van der Waals surface area contributed by atoms with E-state index in [1.165, 1.54) is 19.3 Å². The van der Waals surface area contributed by atoms with E-state index in [9.17, 15) is 30.6 Å². The maximum Gasteiger partial charge on any atom is 0.187 e. The number of unbranched alkanes of at least 4 members (excludes halogenated alkanes) is 5. The third-order valence-electron chi connectivity index (χ3n) is 5.35. The number of hydrogen-bond donors (Lipinski definition) is 6. The van der Waals surface area contributed by atoms with Crippen molar-refractivity contribution in [2.45, 2.75) is 101 Å². The zero-order valence-corrected chi connectivity index (χ0v) is 16.9. The molecule has 0 aromatic carbocycles. The van der Waals surface area contributed by atoms with Crippen LogP contribution in [-0.2, 0) is 18.9 Å². The lowest BCUT2D eigenvalue weighted by Crippen LogP contribution is -2.63. The Bertz CT molecular complexity index is 451. The van der Waals surface area contributed by atoms with Crippen LogP contribution in [-0.4, -0.2) is 106 Å². The summed E-state index contributed by atoms with van der Waals surface area (Å²) in [4.78, 5) is 0. The molecule has 9 atom stereocenters. The highest BCUT2D eigenvalue weighted by molar-refractivity contribution is 4.91. The molecule has 0 amide bonds. The summed E-state index contributed by atoms with van der Waals surface area (Å²) in [5.41, 5.74) is 0. The minimum absolute atomic E-state index is 0.152. The van der Waals surface area contributed by atoms with Gasteiger partial charge in [0.2, 0.25) is 0 Å². The molecule has 2 aliphatic rings. The summed E-state index contributed by atoms with van der Waals surface area (Å²) in [5.74, 6) is 0. The van der Waals surface area contributed by atoms with Crippen LogP contribution in [0.1, 0.15) is 45.4 Å². The summed E-state index contributed by atoms with van der Waals surface area (Å²) >= 11 is 0. The number of ether oxygens (including phenoxy) is 4. The van der Waals surface area contributed by atoms with Gasteiger partial charge in [0.1, 0.15) is 42.7 Å². The first-order valence-corrected chi connectivity index (χ1v) is 10.5. The summed E-state index contributed by atoms with van der Waals surface area (Å²) in [7, 11) is 0. The van der Waals surface area contributed by atoms with E-state index in [1.807, 2.05) is 0 Å². The fraction of sp³-hybridized carbons (Fsp3) is 1.00. The van der Waals surface area contributed by atoms with Crippen LogP contribution in [0.15, 0.2) is 0 Å². The molecular formula is C19H36O10. The Hall–Kier alpha value is -0.400. The van der Waals surface area contributed by atoms with Gasteiger partial charge < -0.3 is 49.6 Å². The minimum Gasteiger partial charge on any atom is -0.394 e. The molecule has 2 saturated heterocycles. The third-order valence-corrected chi connectivity index (χ3v) is 5.35. The van der Waals surface area contributed by atoms with Crippen molar-refractivity contribution in [1.82, 2.24) is 0 Å². The Morgan fingerprint density at radius 1 is 0.828 bits per heavy atom. The molecule has 2 heterocycles. The molecular weight excluding hydrogens is 388 g/mol. The molecule has 0 unspecified atom stereocenters. The van der Waals surface area contributed by atoms with Crippen LogP contribution in [0.2, 0.25) is 0 Å². The van der Waals surface area contributed by atoms with Gasteiger partial charge in [-0.15, -0.1) is 0 Å². The molecule has 0 saturated carbocycles. The van der Waals surface area contributed by atoms with Gasteiger partial charge in [-0.2, -0.15) is 0 Å². The van der Waals surface area contributed by atoms with Gasteiger partial charge in [-0.25, -0.2) is 0 Å². The van der Waals surface area contributed by atoms with Crippen molar-refractivity contribution in [3.63, 3.8) is 0 Å². The summed E-state index contributed by atoms with van der Waals surface area (Å²) in [5, 5.41) is 59.7. The van der Waals surface area contributed by atoms with Gasteiger partial charge in [-0.05, 0) is 6.42 Å². The van der Waals surface area contributed by atoms with Gasteiger partial charge in [0.25, 0.3) is 0 Å². The standard InChI is InChI=1S/C19H36O10/c1-2-3-4-5-6-7-8-26-18-16(25)17(11(21)10-27-18)29-19-15(24)14(23)13(22)12(9-20)28-19/h11-25H,2-10H2,1H3/t11-,12-,13+,14+,15-,16-,17+,18-,19+/m1/s1. The molecule has 0 bridgehead atoms. The lowest BCUT2D eigenvalue weighted by atomic mass is 9.98. The first kappa shape index (κ1) is 24.9. The lowest BCUT2D eigenvalue weighted by molar-refractivity contribution is -0.348. The molecule has 6 N–H and O–H groups in total. The Kier molecular flexibility index (Phi) is 10.7. The topological polar surface area (TPSA) is 158 Å². The van der Waals surface area contributed by atoms with E-state index in [0.29, 0.717) is 6.61 Å². The van der Waals surface area contributed by atoms with E-state index in [2.05, 4.69) is 6.92 Å². The molecule has 2 rings (SSSR count). The molecule has 172 valence electrons. The number of aliphatic hydroxyl groups excluding tert-OH is 6. The van der Waals surface area contributed by atoms with E-state index in [4.69, 9.17) is 18.9 Å². The lowest BCUT2D eigenvalue weighted by Gasteiger charge is -2.44. The zero-order valence-electron chi connectivity index (χ0n) is 16.9. The highest BCUT2D eigenvalue weighted by Gasteiger charge is 2.48. The van der Waals surface area contributed by atoms with Crippen molar-refractivity contribution in [3.8, 4) is 0 Å². The highest BCUT2D eigenvalue weighted by atomic mass is 16.7. The van der Waals surface area contributed by atoms with Gasteiger partial charge >= 0.3 is 0 Å². The second-order valence-corrected chi connectivity index (χ2v) is 7.70. The average Bonchev–Trinajstić information content (AvgIpc) is 2.71. The van der Waals surface area contributed by atoms with Crippen LogP contribution in [0, 0.1) is 0 Å². The van der Waals surface area contributed by atoms with E-state index >= 15 is 0 Å². The molecule has 0 radical (unpaired) electrons. The Labute approximate surface area is 171 Å². The number of hydrogen-bond acceptors (Lipinski definition) is 10. The quantitative estimate of drug-likeness (QED) is 0.218. The Balaban J connectivity index is 1.84. The van der Waals surface area contributed by atoms with Gasteiger partial charge in [0.05, 0.1) is 13.2 Å². The predicted molar refractivity (Wildman–Crippen MR) is 99.7 cm³/mol. The van der Waals surface area contributed by atoms with Crippen LogP contribution in [0.5, 0.6) is 0 Å². The largest absolute Gasteiger partial charge is 0.394 e. The summed E-state index contributed by atoms with van der Waals surface area (Å²) < 4.78 is 21.7. The molecule has 10 heteroatoms. The van der Waals surface area contributed by atoms with Gasteiger partial charge in [-0.1, -0.05) is 39.0 Å². The number of rotatable bonds is 11. The SMILES string of the molecule is CCCCCCCCO[C@@H]1OC[C@@H](O)[C@H](O[C@@H]2O[C@H](CO)[C@H](O)[C@H](O)[C@H]2O)[C@H]1O. The predicted octanol–water partition coefficient (Wildman–Crippen LogP) is -1.37. The van der Waals surface area contributed by atoms with Gasteiger partial charge in [0.15, 0.2) is 12.6 Å². The van der Waals surface area contributed by atoms with Crippen molar-refractivity contribution in [1.29, 1.82) is 0 Å². The minimum atomic E-state index is -1.63. The Morgan fingerprint density at radius 3 is 2.21 bits per heavy atom. The van der Waals surface area contributed by atoms with Crippen LogP contribution in [0.4, 0.5) is 0 Å². The Morgan fingerprint density at radius 2 is 1.52 bits per heavy atom. The monoisotopic (exact) mass is 424 g/mol. The molecule has 0 spiro atoms. The molecule has 10 nitrogen and oxygen atoms in total. The van der Waals surface area contributed by atoms with Crippen LogP contribution >= 0.6 is 0 Å². The van der Waals surface area contributed by atoms with Crippen LogP contribution < -0.4 is 0 Å². The van der Waals surface area contributed by atoms with Gasteiger partial charge in [-0.3, -0.25) is 0 Å². The smallest absolute Gasteiger partial charge is 0.187 e. The number of aliphatic hydroxyl groups is 6. The van der Waals surface area contributed by atoms with E-state index in [-0.39, 0.29) is 6.61 Å². The molecule has 0 aromatic rings. The molecule has 29 heavy (non-hydrogen) atoms.